The predicted molar refractivity (Wildman–Crippen MR) is 31.8 cm³/mol. The van der Waals surface area contributed by atoms with Crippen molar-refractivity contribution in [1.82, 2.24) is 0 Å². The van der Waals surface area contributed by atoms with E-state index in [-0.39, 0.29) is 12.8 Å². The monoisotopic (exact) mass is 146 g/mol. The standard InChI is InChI=1S/C4H6N2O4/c7-3(5-9)1-2-4(8)6-10/h3,7H,1-2H2. The zero-order valence-corrected chi connectivity index (χ0v) is 5.06. The Bertz CT molecular complexity index is 146. The minimum absolute atomic E-state index is 0.145. The van der Waals surface area contributed by atoms with Crippen molar-refractivity contribution in [2.24, 2.45) is 10.4 Å². The second-order valence-corrected chi connectivity index (χ2v) is 1.61. The maximum atomic E-state index is 10.1. The number of rotatable bonds is 4. The van der Waals surface area contributed by atoms with Gasteiger partial charge in [-0.2, -0.15) is 0 Å². The van der Waals surface area contributed by atoms with Crippen LogP contribution in [0.5, 0.6) is 0 Å². The van der Waals surface area contributed by atoms with E-state index in [9.17, 15) is 14.6 Å². The van der Waals surface area contributed by atoms with Crippen molar-refractivity contribution >= 4 is 5.91 Å². The number of carbonyl (C=O) groups excluding carboxylic acids is 1. The van der Waals surface area contributed by atoms with E-state index in [1.54, 1.807) is 0 Å². The van der Waals surface area contributed by atoms with Crippen molar-refractivity contribution in [2.45, 2.75) is 19.1 Å². The second kappa shape index (κ2) is 4.68. The lowest BCUT2D eigenvalue weighted by Gasteiger charge is -1.94. The zero-order valence-electron chi connectivity index (χ0n) is 5.06. The van der Waals surface area contributed by atoms with Crippen LogP contribution in [0.25, 0.3) is 0 Å². The summed E-state index contributed by atoms with van der Waals surface area (Å²) in [7, 11) is 0. The van der Waals surface area contributed by atoms with E-state index >= 15 is 0 Å². The highest BCUT2D eigenvalue weighted by molar-refractivity contribution is 5.76. The lowest BCUT2D eigenvalue weighted by atomic mass is 10.3. The molecule has 0 aliphatic carbocycles. The average molecular weight is 146 g/mol. The van der Waals surface area contributed by atoms with Crippen molar-refractivity contribution in [3.8, 4) is 0 Å². The molecule has 6 nitrogen and oxygen atoms in total. The Morgan fingerprint density at radius 1 is 1.50 bits per heavy atom. The zero-order chi connectivity index (χ0) is 7.98. The van der Waals surface area contributed by atoms with Crippen molar-refractivity contribution in [3.05, 3.63) is 9.81 Å². The summed E-state index contributed by atoms with van der Waals surface area (Å²) in [5.74, 6) is -0.886. The van der Waals surface area contributed by atoms with E-state index < -0.39 is 12.1 Å². The number of carbonyl (C=O) groups is 1. The van der Waals surface area contributed by atoms with E-state index in [1.807, 2.05) is 0 Å². The normalized spacial score (nSPS) is 12.1. The van der Waals surface area contributed by atoms with E-state index in [1.165, 1.54) is 0 Å². The van der Waals surface area contributed by atoms with Crippen LogP contribution >= 0.6 is 0 Å². The third-order valence-corrected chi connectivity index (χ3v) is 0.840. The summed E-state index contributed by atoms with van der Waals surface area (Å²) < 4.78 is 0. The Morgan fingerprint density at radius 2 is 2.10 bits per heavy atom. The topological polar surface area (TPSA) is 96.2 Å². The molecule has 0 aromatic rings. The molecule has 0 heterocycles. The highest BCUT2D eigenvalue weighted by Gasteiger charge is 2.06. The molecule has 0 rings (SSSR count). The van der Waals surface area contributed by atoms with Crippen LogP contribution in [0, 0.1) is 9.81 Å². The van der Waals surface area contributed by atoms with Gasteiger partial charge in [0.1, 0.15) is 0 Å². The fourth-order valence-electron chi connectivity index (χ4n) is 0.351. The van der Waals surface area contributed by atoms with Crippen LogP contribution in [0.3, 0.4) is 0 Å². The smallest absolute Gasteiger partial charge is 0.286 e. The molecule has 1 unspecified atom stereocenters. The number of nitrogens with zero attached hydrogens (tertiary/aromatic N) is 2. The summed E-state index contributed by atoms with van der Waals surface area (Å²) in [6.07, 6.45) is -1.80. The second-order valence-electron chi connectivity index (χ2n) is 1.61. The third kappa shape index (κ3) is 3.79. The molecule has 0 radical (unpaired) electrons. The van der Waals surface area contributed by atoms with Crippen LogP contribution in [0.4, 0.5) is 0 Å². The maximum Gasteiger partial charge on any atom is 0.286 e. The Balaban J connectivity index is 3.43. The van der Waals surface area contributed by atoms with Crippen LogP contribution in [0.15, 0.2) is 10.4 Å². The molecule has 0 aliphatic rings. The van der Waals surface area contributed by atoms with Gasteiger partial charge >= 0.3 is 0 Å². The van der Waals surface area contributed by atoms with Gasteiger partial charge in [-0.15, -0.1) is 9.81 Å². The summed E-state index contributed by atoms with van der Waals surface area (Å²) >= 11 is 0. The third-order valence-electron chi connectivity index (χ3n) is 0.840. The van der Waals surface area contributed by atoms with Gasteiger partial charge in [0.2, 0.25) is 0 Å². The minimum atomic E-state index is -1.41. The van der Waals surface area contributed by atoms with Gasteiger partial charge < -0.3 is 5.11 Å². The van der Waals surface area contributed by atoms with Gasteiger partial charge in [0.15, 0.2) is 6.23 Å². The van der Waals surface area contributed by atoms with Crippen LogP contribution in [0.2, 0.25) is 0 Å². The van der Waals surface area contributed by atoms with Gasteiger partial charge in [-0.25, -0.2) is 0 Å². The van der Waals surface area contributed by atoms with Gasteiger partial charge in [0, 0.05) is 18.0 Å². The van der Waals surface area contributed by atoms with Crippen molar-refractivity contribution in [1.29, 1.82) is 0 Å². The summed E-state index contributed by atoms with van der Waals surface area (Å²) in [5, 5.41) is 12.7. The van der Waals surface area contributed by atoms with Crippen LogP contribution in [0.1, 0.15) is 12.8 Å². The molecule has 0 bridgehead atoms. The molecule has 1 atom stereocenters. The molecule has 56 valence electrons. The molecule has 0 aromatic carbocycles. The quantitative estimate of drug-likeness (QED) is 0.570. The summed E-state index contributed by atoms with van der Waals surface area (Å²) in [6.45, 7) is 0. The van der Waals surface area contributed by atoms with Crippen LogP contribution < -0.4 is 0 Å². The molecular formula is C4H6N2O4. The number of aliphatic hydroxyl groups excluding tert-OH is 1. The number of hydrogen-bond acceptors (Lipinski definition) is 5. The molecule has 0 spiro atoms. The SMILES string of the molecule is O=NC(=O)CCC(O)N=O. The largest absolute Gasteiger partial charge is 0.369 e. The van der Waals surface area contributed by atoms with Gasteiger partial charge in [-0.05, 0) is 5.18 Å². The Morgan fingerprint density at radius 3 is 2.50 bits per heavy atom. The minimum Gasteiger partial charge on any atom is -0.369 e. The lowest BCUT2D eigenvalue weighted by molar-refractivity contribution is -0.118. The van der Waals surface area contributed by atoms with Gasteiger partial charge in [-0.1, -0.05) is 0 Å². The first-order valence-corrected chi connectivity index (χ1v) is 2.57. The fraction of sp³-hybridized carbons (Fsp3) is 0.750. The molecule has 6 heteroatoms. The molecule has 0 aliphatic heterocycles. The molecule has 1 N–H and O–H groups in total. The van der Waals surface area contributed by atoms with E-state index in [0.717, 1.165) is 0 Å². The summed E-state index contributed by atoms with van der Waals surface area (Å²) in [4.78, 5) is 29.0. The molecule has 0 fully saturated rings. The van der Waals surface area contributed by atoms with E-state index in [0.29, 0.717) is 0 Å². The highest BCUT2D eigenvalue weighted by Crippen LogP contribution is 1.98. The predicted octanol–water partition coefficient (Wildman–Crippen LogP) is 0.144. The van der Waals surface area contributed by atoms with Crippen molar-refractivity contribution in [2.75, 3.05) is 0 Å². The fourth-order valence-corrected chi connectivity index (χ4v) is 0.351. The Hall–Kier alpha value is -1.17. The number of nitroso groups, excluding NO2 is 2. The molecule has 10 heavy (non-hydrogen) atoms. The number of hydrogen-bond donors (Lipinski definition) is 1. The van der Waals surface area contributed by atoms with Gasteiger partial charge in [0.05, 0.1) is 0 Å². The molecule has 0 saturated heterocycles. The van der Waals surface area contributed by atoms with E-state index in [4.69, 9.17) is 5.11 Å². The van der Waals surface area contributed by atoms with Crippen molar-refractivity contribution < 1.29 is 9.90 Å². The Labute approximate surface area is 56.2 Å². The molecule has 0 saturated carbocycles. The van der Waals surface area contributed by atoms with Gasteiger partial charge in [-0.3, -0.25) is 4.79 Å². The first-order valence-electron chi connectivity index (χ1n) is 2.57. The van der Waals surface area contributed by atoms with Crippen LogP contribution in [-0.2, 0) is 4.79 Å². The lowest BCUT2D eigenvalue weighted by Crippen LogP contribution is -2.04. The maximum absolute atomic E-state index is 10.1. The van der Waals surface area contributed by atoms with Gasteiger partial charge in [0.25, 0.3) is 5.91 Å². The summed E-state index contributed by atoms with van der Waals surface area (Å²) in [6, 6.07) is 0. The first-order chi connectivity index (χ1) is 4.70. The first kappa shape index (κ1) is 8.83. The molecule has 0 aromatic heterocycles. The molecular weight excluding hydrogens is 140 g/mol. The average Bonchev–Trinajstić information content (AvgIpc) is 1.99. The number of amides is 1. The van der Waals surface area contributed by atoms with Crippen molar-refractivity contribution in [3.63, 3.8) is 0 Å². The number of aliphatic hydroxyl groups is 1. The van der Waals surface area contributed by atoms with E-state index in [2.05, 4.69) is 10.4 Å². The molecule has 1 amide bonds. The summed E-state index contributed by atoms with van der Waals surface area (Å²) in [5.41, 5.74) is 0. The highest BCUT2D eigenvalue weighted by atomic mass is 16.3. The Kier molecular flexibility index (Phi) is 4.14. The van der Waals surface area contributed by atoms with Crippen LogP contribution in [-0.4, -0.2) is 17.2 Å².